The molecule has 0 spiro atoms. The Hall–Kier alpha value is -2.78. The predicted octanol–water partition coefficient (Wildman–Crippen LogP) is 4.80. The van der Waals surface area contributed by atoms with Crippen molar-refractivity contribution in [2.45, 2.75) is 90.9 Å². The summed E-state index contributed by atoms with van der Waals surface area (Å²) in [6, 6.07) is 8.72. The van der Waals surface area contributed by atoms with Gasteiger partial charge in [-0.2, -0.15) is 5.10 Å². The maximum absolute atomic E-state index is 15.4. The Labute approximate surface area is 218 Å². The zero-order valence-electron chi connectivity index (χ0n) is 22.7. The van der Waals surface area contributed by atoms with Crippen LogP contribution in [0.25, 0.3) is 16.9 Å². The lowest BCUT2D eigenvalue weighted by Crippen LogP contribution is -2.41. The highest BCUT2D eigenvalue weighted by molar-refractivity contribution is 6.62. The van der Waals surface area contributed by atoms with Crippen molar-refractivity contribution in [1.29, 1.82) is 0 Å². The number of carbonyl (C=O) groups excluding carboxylic acids is 1. The van der Waals surface area contributed by atoms with Gasteiger partial charge in [-0.25, -0.2) is 13.9 Å². The van der Waals surface area contributed by atoms with Crippen molar-refractivity contribution in [3.05, 3.63) is 47.5 Å². The third-order valence-corrected chi connectivity index (χ3v) is 8.19. The smallest absolute Gasteiger partial charge is 0.399 e. The molecule has 196 valence electrons. The van der Waals surface area contributed by atoms with Crippen LogP contribution < -0.4 is 5.46 Å². The number of hydrogen-bond donors (Lipinski definition) is 0. The minimum Gasteiger partial charge on any atom is -0.399 e. The molecule has 1 unspecified atom stereocenters. The predicted molar refractivity (Wildman–Crippen MR) is 142 cm³/mol. The van der Waals surface area contributed by atoms with Gasteiger partial charge in [-0.15, -0.1) is 0 Å². The molecule has 0 radical (unpaired) electrons. The lowest BCUT2D eigenvalue weighted by Gasteiger charge is -2.32. The monoisotopic (exact) mass is 506 g/mol. The molecule has 0 N–H and O–H groups in total. The van der Waals surface area contributed by atoms with Crippen molar-refractivity contribution in [3.8, 4) is 11.3 Å². The van der Waals surface area contributed by atoms with E-state index in [4.69, 9.17) is 9.31 Å². The molecule has 4 heterocycles. The number of aromatic nitrogens is 3. The molecule has 2 aromatic heterocycles. The van der Waals surface area contributed by atoms with Crippen LogP contribution in [0, 0.1) is 5.82 Å². The van der Waals surface area contributed by atoms with Gasteiger partial charge in [0.2, 0.25) is 0 Å². The van der Waals surface area contributed by atoms with Crippen LogP contribution in [0.3, 0.4) is 0 Å². The van der Waals surface area contributed by atoms with E-state index < -0.39 is 24.1 Å². The largest absolute Gasteiger partial charge is 0.494 e. The third-order valence-electron chi connectivity index (χ3n) is 8.19. The molecule has 1 aromatic carbocycles. The number of halogens is 1. The minimum absolute atomic E-state index is 0.0488. The molecule has 9 heteroatoms. The van der Waals surface area contributed by atoms with E-state index in [1.807, 2.05) is 51.7 Å². The molecule has 2 fully saturated rings. The van der Waals surface area contributed by atoms with Gasteiger partial charge >= 0.3 is 7.12 Å². The van der Waals surface area contributed by atoms with Gasteiger partial charge in [-0.1, -0.05) is 31.9 Å². The number of hydrogen-bond acceptors (Lipinski definition) is 5. The van der Waals surface area contributed by atoms with Crippen LogP contribution in [0.15, 0.2) is 30.3 Å². The summed E-state index contributed by atoms with van der Waals surface area (Å²) in [5.41, 5.74) is 2.26. The van der Waals surface area contributed by atoms with Gasteiger partial charge in [0.05, 0.1) is 16.9 Å². The summed E-state index contributed by atoms with van der Waals surface area (Å²) in [7, 11) is -0.641. The molecular weight excluding hydrogens is 470 g/mol. The van der Waals surface area contributed by atoms with Crippen LogP contribution in [0.2, 0.25) is 0 Å². The van der Waals surface area contributed by atoms with E-state index in [1.54, 1.807) is 16.6 Å². The quantitative estimate of drug-likeness (QED) is 0.476. The highest BCUT2D eigenvalue weighted by atomic mass is 19.1. The lowest BCUT2D eigenvalue weighted by atomic mass is 9.78. The van der Waals surface area contributed by atoms with Crippen molar-refractivity contribution in [2.75, 3.05) is 6.54 Å². The second kappa shape index (κ2) is 9.51. The fourth-order valence-corrected chi connectivity index (χ4v) is 5.12. The number of aryl methyl sites for hydroxylation is 1. The molecule has 5 rings (SSSR count). The van der Waals surface area contributed by atoms with E-state index in [0.29, 0.717) is 34.5 Å². The Bertz CT molecular complexity index is 1320. The normalized spacial score (nSPS) is 21.4. The lowest BCUT2D eigenvalue weighted by molar-refractivity contribution is 0.00578. The highest BCUT2D eigenvalue weighted by Gasteiger charge is 2.51. The van der Waals surface area contributed by atoms with E-state index in [9.17, 15) is 4.79 Å². The van der Waals surface area contributed by atoms with Crippen LogP contribution in [0.5, 0.6) is 0 Å². The number of fused-ring (bicyclic) bond motifs is 1. The zero-order valence-corrected chi connectivity index (χ0v) is 22.7. The van der Waals surface area contributed by atoms with Gasteiger partial charge < -0.3 is 14.2 Å². The number of rotatable bonds is 4. The number of nitrogens with zero attached hydrogens (tertiary/aromatic N) is 4. The molecule has 2 saturated heterocycles. The molecule has 0 aliphatic carbocycles. The Kier molecular flexibility index (Phi) is 6.65. The van der Waals surface area contributed by atoms with Crippen LogP contribution in [0.4, 0.5) is 4.39 Å². The van der Waals surface area contributed by atoms with Crippen LogP contribution >= 0.6 is 0 Å². The molecule has 37 heavy (non-hydrogen) atoms. The summed E-state index contributed by atoms with van der Waals surface area (Å²) in [6.45, 7) is 12.8. The fourth-order valence-electron chi connectivity index (χ4n) is 5.12. The number of carbonyl (C=O) groups is 1. The average molecular weight is 506 g/mol. The molecule has 1 amide bonds. The first-order valence-corrected chi connectivity index (χ1v) is 13.4. The van der Waals surface area contributed by atoms with Crippen LogP contribution in [0.1, 0.15) is 83.4 Å². The summed E-state index contributed by atoms with van der Waals surface area (Å²) in [6.07, 6.45) is 4.97. The Balaban J connectivity index is 1.46. The Morgan fingerprint density at radius 3 is 2.51 bits per heavy atom. The molecule has 1 atom stereocenters. The fraction of sp³-hybridized carbons (Fsp3) is 0.536. The van der Waals surface area contributed by atoms with Crippen LogP contribution in [-0.2, 0) is 15.7 Å². The highest BCUT2D eigenvalue weighted by Crippen LogP contribution is 2.36. The third kappa shape index (κ3) is 4.68. The summed E-state index contributed by atoms with van der Waals surface area (Å²) in [5.74, 6) is -0.462. The first-order valence-electron chi connectivity index (χ1n) is 13.4. The van der Waals surface area contributed by atoms with Gasteiger partial charge in [0, 0.05) is 29.9 Å². The van der Waals surface area contributed by atoms with Gasteiger partial charge in [0.25, 0.3) is 5.91 Å². The molecule has 0 bridgehead atoms. The van der Waals surface area contributed by atoms with E-state index >= 15 is 4.39 Å². The van der Waals surface area contributed by atoms with Gasteiger partial charge in [-0.05, 0) is 71.5 Å². The first-order chi connectivity index (χ1) is 17.5. The standard InChI is InChI=1S/C28H36BFN4O3/c1-7-20-16-24(26(35)33-14-10-8-9-11-18(33)2)31-25-17-23(32-34(20)25)21-13-12-19(15-22(21)30)29-36-27(3,4)28(5,6)37-29/h12-13,15-18H,7-11,14H2,1-6H3. The van der Waals surface area contributed by atoms with E-state index in [0.717, 1.165) is 37.9 Å². The average Bonchev–Trinajstić information content (AvgIpc) is 3.27. The van der Waals surface area contributed by atoms with Crippen molar-refractivity contribution >= 4 is 24.1 Å². The zero-order chi connectivity index (χ0) is 26.5. The van der Waals surface area contributed by atoms with E-state index in [-0.39, 0.29) is 11.9 Å². The van der Waals surface area contributed by atoms with E-state index in [2.05, 4.69) is 17.0 Å². The van der Waals surface area contributed by atoms with Gasteiger partial charge in [-0.3, -0.25) is 4.79 Å². The number of likely N-dealkylation sites (tertiary alicyclic amines) is 1. The van der Waals surface area contributed by atoms with Crippen molar-refractivity contribution in [2.24, 2.45) is 0 Å². The Morgan fingerprint density at radius 1 is 1.11 bits per heavy atom. The molecule has 3 aromatic rings. The maximum atomic E-state index is 15.4. The maximum Gasteiger partial charge on any atom is 0.494 e. The molecule has 2 aliphatic heterocycles. The van der Waals surface area contributed by atoms with Crippen molar-refractivity contribution in [1.82, 2.24) is 19.5 Å². The second-order valence-electron chi connectivity index (χ2n) is 11.3. The summed E-state index contributed by atoms with van der Waals surface area (Å²) in [5, 5.41) is 4.66. The first kappa shape index (κ1) is 25.9. The van der Waals surface area contributed by atoms with Crippen LogP contribution in [-0.4, -0.2) is 56.3 Å². The summed E-state index contributed by atoms with van der Waals surface area (Å²) < 4.78 is 29.2. The molecular formula is C28H36BFN4O3. The molecule has 0 saturated carbocycles. The molecule has 2 aliphatic rings. The number of benzene rings is 1. The van der Waals surface area contributed by atoms with Crippen molar-refractivity contribution in [3.63, 3.8) is 0 Å². The topological polar surface area (TPSA) is 69.0 Å². The number of amides is 1. The Morgan fingerprint density at radius 2 is 1.84 bits per heavy atom. The summed E-state index contributed by atoms with van der Waals surface area (Å²) >= 11 is 0. The SMILES string of the molecule is CCc1cc(C(=O)N2CCCCCC2C)nc2cc(-c3ccc(B4OC(C)(C)C(C)(C)O4)cc3F)nn12. The van der Waals surface area contributed by atoms with E-state index in [1.165, 1.54) is 6.07 Å². The van der Waals surface area contributed by atoms with Gasteiger partial charge in [0.15, 0.2) is 5.65 Å². The molecule has 7 nitrogen and oxygen atoms in total. The second-order valence-corrected chi connectivity index (χ2v) is 11.3. The van der Waals surface area contributed by atoms with Gasteiger partial charge in [0.1, 0.15) is 11.5 Å². The summed E-state index contributed by atoms with van der Waals surface area (Å²) in [4.78, 5) is 20.0. The minimum atomic E-state index is -0.641. The van der Waals surface area contributed by atoms with Crippen molar-refractivity contribution < 1.29 is 18.5 Å².